The van der Waals surface area contributed by atoms with E-state index in [2.05, 4.69) is 5.32 Å². The number of carbonyl (C=O) groups excluding carboxylic acids is 2. The third kappa shape index (κ3) is 4.78. The number of hydrogen-bond donors (Lipinski definition) is 1. The third-order valence-electron chi connectivity index (χ3n) is 1.89. The van der Waals surface area contributed by atoms with Gasteiger partial charge in [0.15, 0.2) is 0 Å². The Kier molecular flexibility index (Phi) is 3.68. The molecule has 1 aliphatic rings. The predicted octanol–water partition coefficient (Wildman–Crippen LogP) is -0.240. The van der Waals surface area contributed by atoms with E-state index in [1.54, 1.807) is 4.90 Å². The Bertz CT molecular complexity index is 258. The fraction of sp³-hybridized carbons (Fsp3) is 0.800. The summed E-state index contributed by atoms with van der Waals surface area (Å²) in [5, 5.41) is 2.70. The molecular formula is C10H18N2O3. The second-order valence-electron chi connectivity index (χ2n) is 4.65. The first-order chi connectivity index (χ1) is 6.87. The highest BCUT2D eigenvalue weighted by Crippen LogP contribution is 2.07. The van der Waals surface area contributed by atoms with Crippen LogP contribution < -0.4 is 5.32 Å². The van der Waals surface area contributed by atoms with Gasteiger partial charge in [-0.15, -0.1) is 0 Å². The lowest BCUT2D eigenvalue weighted by Crippen LogP contribution is -2.49. The normalized spacial score (nSPS) is 18.5. The largest absolute Gasteiger partial charge is 0.459 e. The summed E-state index contributed by atoms with van der Waals surface area (Å²) in [6.45, 7) is 7.24. The first kappa shape index (κ1) is 12.0. The topological polar surface area (TPSA) is 58.6 Å². The Balaban J connectivity index is 2.34. The number of nitrogens with zero attached hydrogens (tertiary/aromatic N) is 1. The maximum atomic E-state index is 11.4. The second kappa shape index (κ2) is 4.61. The minimum absolute atomic E-state index is 0.0372. The summed E-state index contributed by atoms with van der Waals surface area (Å²) in [6, 6.07) is 0. The van der Waals surface area contributed by atoms with Crippen molar-refractivity contribution >= 4 is 11.9 Å². The minimum atomic E-state index is -0.463. The van der Waals surface area contributed by atoms with Gasteiger partial charge in [-0.25, -0.2) is 0 Å². The van der Waals surface area contributed by atoms with Crippen LogP contribution in [0.3, 0.4) is 0 Å². The monoisotopic (exact) mass is 214 g/mol. The van der Waals surface area contributed by atoms with Gasteiger partial charge in [-0.3, -0.25) is 14.5 Å². The maximum Gasteiger partial charge on any atom is 0.320 e. The molecule has 0 aliphatic carbocycles. The van der Waals surface area contributed by atoms with Crippen molar-refractivity contribution in [2.45, 2.75) is 26.4 Å². The summed E-state index contributed by atoms with van der Waals surface area (Å²) in [5.41, 5.74) is -0.463. The highest BCUT2D eigenvalue weighted by atomic mass is 16.6. The van der Waals surface area contributed by atoms with Crippen LogP contribution in [0.15, 0.2) is 0 Å². The van der Waals surface area contributed by atoms with Gasteiger partial charge in [0.05, 0.1) is 13.1 Å². The van der Waals surface area contributed by atoms with Crippen LogP contribution in [0.2, 0.25) is 0 Å². The van der Waals surface area contributed by atoms with Crippen molar-refractivity contribution in [3.05, 3.63) is 0 Å². The van der Waals surface area contributed by atoms with Crippen LogP contribution in [0.1, 0.15) is 20.8 Å². The quantitative estimate of drug-likeness (QED) is 0.644. The number of esters is 1. The van der Waals surface area contributed by atoms with Crippen molar-refractivity contribution < 1.29 is 14.3 Å². The average molecular weight is 214 g/mol. The van der Waals surface area contributed by atoms with Gasteiger partial charge in [-0.1, -0.05) is 0 Å². The summed E-state index contributed by atoms with van der Waals surface area (Å²) in [4.78, 5) is 24.3. The Morgan fingerprint density at radius 1 is 1.53 bits per heavy atom. The van der Waals surface area contributed by atoms with Crippen molar-refractivity contribution in [3.63, 3.8) is 0 Å². The van der Waals surface area contributed by atoms with E-state index in [1.165, 1.54) is 0 Å². The Morgan fingerprint density at radius 2 is 2.20 bits per heavy atom. The molecule has 1 fully saturated rings. The highest BCUT2D eigenvalue weighted by Gasteiger charge is 2.22. The van der Waals surface area contributed by atoms with E-state index in [4.69, 9.17) is 4.74 Å². The summed E-state index contributed by atoms with van der Waals surface area (Å²) >= 11 is 0. The number of nitrogens with one attached hydrogen (secondary N) is 1. The van der Waals surface area contributed by atoms with Crippen LogP contribution in [0.5, 0.6) is 0 Å². The molecule has 0 unspecified atom stereocenters. The smallest absolute Gasteiger partial charge is 0.320 e. The zero-order chi connectivity index (χ0) is 11.5. The van der Waals surface area contributed by atoms with E-state index in [1.807, 2.05) is 20.8 Å². The van der Waals surface area contributed by atoms with Crippen LogP contribution in [0.25, 0.3) is 0 Å². The summed E-state index contributed by atoms with van der Waals surface area (Å²) < 4.78 is 5.16. The van der Waals surface area contributed by atoms with E-state index >= 15 is 0 Å². The molecule has 1 saturated heterocycles. The lowest BCUT2D eigenvalue weighted by molar-refractivity contribution is -0.156. The van der Waals surface area contributed by atoms with E-state index < -0.39 is 5.60 Å². The molecule has 0 aromatic rings. The zero-order valence-corrected chi connectivity index (χ0v) is 9.50. The van der Waals surface area contributed by atoms with Gasteiger partial charge in [0.1, 0.15) is 5.60 Å². The van der Waals surface area contributed by atoms with E-state index in [-0.39, 0.29) is 25.0 Å². The van der Waals surface area contributed by atoms with E-state index in [9.17, 15) is 9.59 Å². The lowest BCUT2D eigenvalue weighted by Gasteiger charge is -2.27. The molecule has 0 spiro atoms. The summed E-state index contributed by atoms with van der Waals surface area (Å²) in [5.74, 6) is -0.318. The molecule has 86 valence electrons. The van der Waals surface area contributed by atoms with Crippen LogP contribution >= 0.6 is 0 Å². The van der Waals surface area contributed by atoms with Crippen molar-refractivity contribution in [1.29, 1.82) is 0 Å². The SMILES string of the molecule is CC(C)(C)OC(=O)CN1CCNC(=O)C1. The van der Waals surface area contributed by atoms with E-state index in [0.717, 1.165) is 0 Å². The standard InChI is InChI=1S/C10H18N2O3/c1-10(2,3)15-9(14)7-12-5-4-11-8(13)6-12/h4-7H2,1-3H3,(H,11,13). The first-order valence-electron chi connectivity index (χ1n) is 5.08. The van der Waals surface area contributed by atoms with Crippen molar-refractivity contribution in [2.75, 3.05) is 26.2 Å². The number of hydrogen-bond acceptors (Lipinski definition) is 4. The minimum Gasteiger partial charge on any atom is -0.459 e. The molecule has 1 N–H and O–H groups in total. The van der Waals surface area contributed by atoms with Crippen LogP contribution in [0, 0.1) is 0 Å². The molecule has 0 bridgehead atoms. The maximum absolute atomic E-state index is 11.4. The van der Waals surface area contributed by atoms with Gasteiger partial charge >= 0.3 is 5.97 Å². The van der Waals surface area contributed by atoms with Gasteiger partial charge in [0, 0.05) is 13.1 Å². The van der Waals surface area contributed by atoms with Crippen LogP contribution in [0.4, 0.5) is 0 Å². The molecule has 0 saturated carbocycles. The molecule has 15 heavy (non-hydrogen) atoms. The molecule has 0 aromatic carbocycles. The fourth-order valence-electron chi connectivity index (χ4n) is 1.38. The number of carbonyl (C=O) groups is 2. The molecule has 5 heteroatoms. The van der Waals surface area contributed by atoms with Crippen LogP contribution in [-0.4, -0.2) is 48.6 Å². The van der Waals surface area contributed by atoms with E-state index in [0.29, 0.717) is 13.1 Å². The van der Waals surface area contributed by atoms with Crippen molar-refractivity contribution in [1.82, 2.24) is 10.2 Å². The Morgan fingerprint density at radius 3 is 2.73 bits per heavy atom. The number of ether oxygens (including phenoxy) is 1. The molecule has 5 nitrogen and oxygen atoms in total. The molecule has 1 amide bonds. The van der Waals surface area contributed by atoms with Gasteiger partial charge in [0.2, 0.25) is 5.91 Å². The predicted molar refractivity (Wildman–Crippen MR) is 55.3 cm³/mol. The third-order valence-corrected chi connectivity index (χ3v) is 1.89. The first-order valence-corrected chi connectivity index (χ1v) is 5.08. The van der Waals surface area contributed by atoms with Crippen molar-refractivity contribution in [3.8, 4) is 0 Å². The molecule has 1 heterocycles. The lowest BCUT2D eigenvalue weighted by atomic mass is 10.2. The molecular weight excluding hydrogens is 196 g/mol. The number of piperazine rings is 1. The van der Waals surface area contributed by atoms with Gasteiger partial charge < -0.3 is 10.1 Å². The van der Waals surface area contributed by atoms with Gasteiger partial charge in [0.25, 0.3) is 0 Å². The number of amides is 1. The molecule has 0 radical (unpaired) electrons. The molecule has 0 aromatic heterocycles. The fourth-order valence-corrected chi connectivity index (χ4v) is 1.38. The second-order valence-corrected chi connectivity index (χ2v) is 4.65. The Labute approximate surface area is 89.8 Å². The van der Waals surface area contributed by atoms with Crippen LogP contribution in [-0.2, 0) is 14.3 Å². The van der Waals surface area contributed by atoms with Gasteiger partial charge in [-0.2, -0.15) is 0 Å². The average Bonchev–Trinajstić information content (AvgIpc) is 1.99. The zero-order valence-electron chi connectivity index (χ0n) is 9.50. The highest BCUT2D eigenvalue weighted by molar-refractivity contribution is 5.80. The summed E-state index contributed by atoms with van der Waals surface area (Å²) in [6.07, 6.45) is 0. The molecule has 1 aliphatic heterocycles. The number of rotatable bonds is 2. The Hall–Kier alpha value is -1.10. The van der Waals surface area contributed by atoms with Gasteiger partial charge in [-0.05, 0) is 20.8 Å². The molecule has 0 atom stereocenters. The summed E-state index contributed by atoms with van der Waals surface area (Å²) in [7, 11) is 0. The van der Waals surface area contributed by atoms with Crippen molar-refractivity contribution in [2.24, 2.45) is 0 Å². The molecule has 1 rings (SSSR count).